The van der Waals surface area contributed by atoms with Gasteiger partial charge in [-0.15, -0.1) is 0 Å². The van der Waals surface area contributed by atoms with Gasteiger partial charge in [0.2, 0.25) is 0 Å². The number of carbonyl (C=O) groups is 1. The van der Waals surface area contributed by atoms with Crippen LogP contribution in [-0.2, 0) is 4.74 Å². The number of amides is 1. The third-order valence-electron chi connectivity index (χ3n) is 4.34. The molecule has 7 heteroatoms. The summed E-state index contributed by atoms with van der Waals surface area (Å²) in [7, 11) is 2.09. The third kappa shape index (κ3) is 4.94. The average Bonchev–Trinajstić information content (AvgIpc) is 2.62. The van der Waals surface area contributed by atoms with E-state index in [-0.39, 0.29) is 18.1 Å². The second kappa shape index (κ2) is 8.49. The van der Waals surface area contributed by atoms with E-state index in [1.54, 1.807) is 42.6 Å². The first kappa shape index (κ1) is 18.6. The molecular weight excluding hydrogens is 352 g/mol. The van der Waals surface area contributed by atoms with E-state index in [2.05, 4.69) is 34.5 Å². The monoisotopic (exact) mass is 374 g/mol. The molecule has 2 heterocycles. The zero-order valence-electron chi connectivity index (χ0n) is 14.9. The fourth-order valence-electron chi connectivity index (χ4n) is 2.82. The number of pyridine rings is 1. The number of anilines is 2. The lowest BCUT2D eigenvalue weighted by atomic mass is 10.1. The minimum Gasteiger partial charge on any atom is -0.373 e. The highest BCUT2D eigenvalue weighted by Crippen LogP contribution is 2.17. The van der Waals surface area contributed by atoms with Gasteiger partial charge in [-0.2, -0.15) is 0 Å². The van der Waals surface area contributed by atoms with E-state index in [0.29, 0.717) is 22.1 Å². The molecule has 3 rings (SSSR count). The number of ether oxygens (including phenoxy) is 1. The predicted octanol–water partition coefficient (Wildman–Crippen LogP) is 3.12. The first-order valence-electron chi connectivity index (χ1n) is 8.61. The van der Waals surface area contributed by atoms with Crippen LogP contribution < -0.4 is 10.6 Å². The number of nitrogens with one attached hydrogen (secondary N) is 2. The number of carbonyl (C=O) groups excluding carboxylic acids is 1. The van der Waals surface area contributed by atoms with Gasteiger partial charge >= 0.3 is 0 Å². The summed E-state index contributed by atoms with van der Waals surface area (Å²) < 4.78 is 5.81. The number of morpholine rings is 1. The van der Waals surface area contributed by atoms with E-state index in [9.17, 15) is 4.79 Å². The van der Waals surface area contributed by atoms with Crippen molar-refractivity contribution in [1.29, 1.82) is 0 Å². The first-order chi connectivity index (χ1) is 12.5. The number of benzene rings is 1. The molecule has 2 atom stereocenters. The predicted molar refractivity (Wildman–Crippen MR) is 104 cm³/mol. The third-order valence-corrected chi connectivity index (χ3v) is 4.57. The van der Waals surface area contributed by atoms with Gasteiger partial charge < -0.3 is 20.3 Å². The highest BCUT2D eigenvalue weighted by Gasteiger charge is 2.23. The summed E-state index contributed by atoms with van der Waals surface area (Å²) in [5.41, 5.74) is 1.13. The summed E-state index contributed by atoms with van der Waals surface area (Å²) in [6, 6.07) is 10.7. The normalized spacial score (nSPS) is 19.0. The van der Waals surface area contributed by atoms with Crippen molar-refractivity contribution in [3.05, 3.63) is 53.2 Å². The van der Waals surface area contributed by atoms with Gasteiger partial charge in [0.1, 0.15) is 5.82 Å². The topological polar surface area (TPSA) is 66.5 Å². The van der Waals surface area contributed by atoms with Crippen molar-refractivity contribution in [2.75, 3.05) is 37.4 Å². The van der Waals surface area contributed by atoms with Gasteiger partial charge in [0.15, 0.2) is 0 Å². The zero-order valence-corrected chi connectivity index (χ0v) is 15.7. The van der Waals surface area contributed by atoms with Crippen LogP contribution >= 0.6 is 11.6 Å². The summed E-state index contributed by atoms with van der Waals surface area (Å²) in [5.74, 6) is 0.491. The average molecular weight is 375 g/mol. The van der Waals surface area contributed by atoms with Crippen molar-refractivity contribution in [2.45, 2.75) is 19.1 Å². The molecule has 2 aromatic rings. The maximum atomic E-state index is 12.3. The van der Waals surface area contributed by atoms with Crippen LogP contribution in [0.15, 0.2) is 42.6 Å². The summed E-state index contributed by atoms with van der Waals surface area (Å²) >= 11 is 5.93. The van der Waals surface area contributed by atoms with Crippen LogP contribution in [0.3, 0.4) is 0 Å². The Balaban J connectivity index is 1.58. The molecule has 6 nitrogen and oxygen atoms in total. The number of rotatable bonds is 5. The standard InChI is InChI=1S/C19H23ClN4O2/c1-13(17-12-24(2)8-9-26-17)22-18-7-6-14(11-21-18)19(25)23-16-5-3-4-15(20)10-16/h3-7,10-11,13,17H,8-9,12H2,1-2H3,(H,21,22)(H,23,25). The Hall–Kier alpha value is -2.15. The summed E-state index contributed by atoms with van der Waals surface area (Å²) in [6.45, 7) is 4.65. The largest absolute Gasteiger partial charge is 0.373 e. The molecule has 0 saturated carbocycles. The molecular formula is C19H23ClN4O2. The highest BCUT2D eigenvalue weighted by molar-refractivity contribution is 6.30. The van der Waals surface area contributed by atoms with Crippen molar-refractivity contribution < 1.29 is 9.53 Å². The van der Waals surface area contributed by atoms with Crippen LogP contribution in [0.1, 0.15) is 17.3 Å². The molecule has 1 aliphatic rings. The second-order valence-electron chi connectivity index (χ2n) is 6.50. The molecule has 0 aliphatic carbocycles. The van der Waals surface area contributed by atoms with Crippen LogP contribution in [0, 0.1) is 0 Å². The Kier molecular flexibility index (Phi) is 6.08. The lowest BCUT2D eigenvalue weighted by Gasteiger charge is -2.34. The molecule has 26 heavy (non-hydrogen) atoms. The van der Waals surface area contributed by atoms with Crippen LogP contribution in [0.25, 0.3) is 0 Å². The molecule has 0 spiro atoms. The highest BCUT2D eigenvalue weighted by atomic mass is 35.5. The minimum atomic E-state index is -0.225. The maximum Gasteiger partial charge on any atom is 0.257 e. The molecule has 0 radical (unpaired) electrons. The van der Waals surface area contributed by atoms with Crippen LogP contribution in [-0.4, -0.2) is 54.7 Å². The maximum absolute atomic E-state index is 12.3. The Morgan fingerprint density at radius 1 is 1.38 bits per heavy atom. The molecule has 1 aromatic heterocycles. The molecule has 138 valence electrons. The van der Waals surface area contributed by atoms with Crippen molar-refractivity contribution in [3.8, 4) is 0 Å². The second-order valence-corrected chi connectivity index (χ2v) is 6.94. The zero-order chi connectivity index (χ0) is 18.5. The van der Waals surface area contributed by atoms with E-state index in [1.807, 2.05) is 0 Å². The van der Waals surface area contributed by atoms with E-state index in [4.69, 9.17) is 16.3 Å². The van der Waals surface area contributed by atoms with Gasteiger partial charge in [-0.05, 0) is 44.3 Å². The van der Waals surface area contributed by atoms with Gasteiger partial charge in [-0.25, -0.2) is 4.98 Å². The lowest BCUT2D eigenvalue weighted by molar-refractivity contribution is -0.0259. The molecule has 1 amide bonds. The summed E-state index contributed by atoms with van der Waals surface area (Å²) in [6.07, 6.45) is 1.67. The van der Waals surface area contributed by atoms with Crippen molar-refractivity contribution in [2.24, 2.45) is 0 Å². The minimum absolute atomic E-state index is 0.112. The Labute approximate surface area is 158 Å². The smallest absolute Gasteiger partial charge is 0.257 e. The molecule has 2 unspecified atom stereocenters. The lowest BCUT2D eigenvalue weighted by Crippen LogP contribution is -2.47. The number of aromatic nitrogens is 1. The molecule has 1 aliphatic heterocycles. The van der Waals surface area contributed by atoms with Crippen LogP contribution in [0.4, 0.5) is 11.5 Å². The Morgan fingerprint density at radius 3 is 2.92 bits per heavy atom. The van der Waals surface area contributed by atoms with Crippen LogP contribution in [0.2, 0.25) is 5.02 Å². The van der Waals surface area contributed by atoms with Crippen molar-refractivity contribution in [3.63, 3.8) is 0 Å². The van der Waals surface area contributed by atoms with Gasteiger partial charge in [-0.3, -0.25) is 4.79 Å². The van der Waals surface area contributed by atoms with E-state index < -0.39 is 0 Å². The number of nitrogens with zero attached hydrogens (tertiary/aromatic N) is 2. The fourth-order valence-corrected chi connectivity index (χ4v) is 3.01. The number of hydrogen-bond donors (Lipinski definition) is 2. The quantitative estimate of drug-likeness (QED) is 0.841. The van der Waals surface area contributed by atoms with E-state index in [1.165, 1.54) is 0 Å². The molecule has 1 fully saturated rings. The fraction of sp³-hybridized carbons (Fsp3) is 0.368. The van der Waals surface area contributed by atoms with Crippen LogP contribution in [0.5, 0.6) is 0 Å². The summed E-state index contributed by atoms with van der Waals surface area (Å²) in [5, 5.41) is 6.72. The SMILES string of the molecule is CC(Nc1ccc(C(=O)Nc2cccc(Cl)c2)cn1)C1CN(C)CCO1. The van der Waals surface area contributed by atoms with Crippen molar-refractivity contribution >= 4 is 29.0 Å². The molecule has 1 saturated heterocycles. The molecule has 0 bridgehead atoms. The first-order valence-corrected chi connectivity index (χ1v) is 8.99. The summed E-state index contributed by atoms with van der Waals surface area (Å²) in [4.78, 5) is 18.9. The number of likely N-dealkylation sites (N-methyl/N-ethyl adjacent to an activating group) is 1. The Bertz CT molecular complexity index is 753. The van der Waals surface area contributed by atoms with E-state index in [0.717, 1.165) is 19.7 Å². The van der Waals surface area contributed by atoms with Gasteiger partial charge in [0, 0.05) is 30.0 Å². The number of halogens is 1. The Morgan fingerprint density at radius 2 is 2.23 bits per heavy atom. The van der Waals surface area contributed by atoms with Gasteiger partial charge in [0.05, 0.1) is 24.3 Å². The molecule has 2 N–H and O–H groups in total. The van der Waals surface area contributed by atoms with Gasteiger partial charge in [0.25, 0.3) is 5.91 Å². The van der Waals surface area contributed by atoms with E-state index >= 15 is 0 Å². The number of hydrogen-bond acceptors (Lipinski definition) is 5. The van der Waals surface area contributed by atoms with Gasteiger partial charge in [-0.1, -0.05) is 17.7 Å². The van der Waals surface area contributed by atoms with Crippen molar-refractivity contribution in [1.82, 2.24) is 9.88 Å². The molecule has 1 aromatic carbocycles.